The summed E-state index contributed by atoms with van der Waals surface area (Å²) in [6.07, 6.45) is -4.35. The monoisotopic (exact) mass is 569 g/mol. The fourth-order valence-corrected chi connectivity index (χ4v) is 3.13. The topological polar surface area (TPSA) is 223 Å². The Hall–Kier alpha value is -2.47. The summed E-state index contributed by atoms with van der Waals surface area (Å²) in [7, 11) is -4.84. The van der Waals surface area contributed by atoms with Gasteiger partial charge in [0.2, 0.25) is 6.79 Å². The number of carbonyl (C=O) groups is 2. The van der Waals surface area contributed by atoms with E-state index in [2.05, 4.69) is 19.6 Å². The van der Waals surface area contributed by atoms with E-state index in [1.807, 2.05) is 5.48 Å². The van der Waals surface area contributed by atoms with Crippen molar-refractivity contribution in [2.75, 3.05) is 18.9 Å². The number of rotatable bonds is 11. The van der Waals surface area contributed by atoms with Crippen LogP contribution in [0.4, 0.5) is 5.82 Å². The second kappa shape index (κ2) is 12.6. The van der Waals surface area contributed by atoms with Gasteiger partial charge in [0.25, 0.3) is 0 Å². The van der Waals surface area contributed by atoms with Gasteiger partial charge in [0.15, 0.2) is 12.0 Å². The number of phosphoric acid groups is 1. The number of aliphatic hydroxyl groups excluding tert-OH is 3. The van der Waals surface area contributed by atoms with Gasteiger partial charge in [-0.1, -0.05) is 4.67 Å². The van der Waals surface area contributed by atoms with E-state index in [0.29, 0.717) is 0 Å². The average Bonchev–Trinajstić information content (AvgIpc) is 3.10. The zero-order valence-electron chi connectivity index (χ0n) is 21.6. The third kappa shape index (κ3) is 8.52. The van der Waals surface area contributed by atoms with E-state index < -0.39 is 74.2 Å². The third-order valence-corrected chi connectivity index (χ3v) is 5.72. The summed E-state index contributed by atoms with van der Waals surface area (Å²) in [4.78, 5) is 44.2. The second-order valence-electron chi connectivity index (χ2n) is 10.1. The minimum atomic E-state index is -4.84. The molecule has 38 heavy (non-hydrogen) atoms. The Balaban J connectivity index is 2.09. The molecule has 1 aromatic rings. The molecular weight excluding hydrogens is 537 g/mol. The lowest BCUT2D eigenvalue weighted by Gasteiger charge is -2.20. The number of nitrogens with zero attached hydrogens (tertiary/aromatic N) is 2. The smallest absolute Gasteiger partial charge is 0.437 e. The van der Waals surface area contributed by atoms with Crippen LogP contribution >= 0.6 is 7.82 Å². The summed E-state index contributed by atoms with van der Waals surface area (Å²) < 4.78 is 38.0. The van der Waals surface area contributed by atoms with Crippen LogP contribution in [0.5, 0.6) is 0 Å². The molecule has 0 radical (unpaired) electrons. The van der Waals surface area contributed by atoms with Crippen molar-refractivity contribution in [2.45, 2.75) is 66.1 Å². The van der Waals surface area contributed by atoms with Crippen molar-refractivity contribution in [3.63, 3.8) is 0 Å². The third-order valence-electron chi connectivity index (χ3n) is 4.74. The molecule has 5 atom stereocenters. The van der Waals surface area contributed by atoms with Gasteiger partial charge >= 0.3 is 25.5 Å². The Kier molecular flexibility index (Phi) is 10.5. The molecule has 1 saturated heterocycles. The zero-order chi connectivity index (χ0) is 28.9. The van der Waals surface area contributed by atoms with Gasteiger partial charge in [-0.25, -0.2) is 24.2 Å². The number of anilines is 1. The number of hydrogen-bond acceptors (Lipinski definition) is 16. The van der Waals surface area contributed by atoms with Crippen molar-refractivity contribution in [3.8, 4) is 0 Å². The average molecular weight is 569 g/mol. The van der Waals surface area contributed by atoms with Crippen LogP contribution in [0.1, 0.15) is 47.8 Å². The van der Waals surface area contributed by atoms with Crippen LogP contribution in [-0.4, -0.2) is 68.5 Å². The Morgan fingerprint density at radius 3 is 2.29 bits per heavy atom. The van der Waals surface area contributed by atoms with Crippen LogP contribution in [0.25, 0.3) is 0 Å². The van der Waals surface area contributed by atoms with Gasteiger partial charge in [-0.15, -0.1) is 0 Å². The Morgan fingerprint density at radius 2 is 1.76 bits per heavy atom. The first kappa shape index (κ1) is 31.7. The molecule has 1 aromatic heterocycles. The quantitative estimate of drug-likeness (QED) is 0.0925. The summed E-state index contributed by atoms with van der Waals surface area (Å²) in [6.45, 7) is 7.68. The van der Waals surface area contributed by atoms with Gasteiger partial charge in [0.05, 0.1) is 17.4 Å². The van der Waals surface area contributed by atoms with E-state index >= 15 is 0 Å². The van der Waals surface area contributed by atoms with E-state index in [1.54, 1.807) is 20.8 Å². The maximum absolute atomic E-state index is 12.9. The van der Waals surface area contributed by atoms with Gasteiger partial charge < -0.3 is 24.8 Å². The lowest BCUT2D eigenvalue weighted by Crippen LogP contribution is -2.36. The number of esters is 1. The molecule has 0 aliphatic carbocycles. The molecule has 1 aliphatic rings. The van der Waals surface area contributed by atoms with Crippen molar-refractivity contribution >= 4 is 25.6 Å². The summed E-state index contributed by atoms with van der Waals surface area (Å²) >= 11 is 0. The molecule has 0 saturated carbocycles. The van der Waals surface area contributed by atoms with Crippen LogP contribution in [0.3, 0.4) is 0 Å². The van der Waals surface area contributed by atoms with Gasteiger partial charge in [0, 0.05) is 6.20 Å². The summed E-state index contributed by atoms with van der Waals surface area (Å²) in [5.41, 5.74) is -0.891. The largest absolute Gasteiger partial charge is 0.529 e. The highest BCUT2D eigenvalue weighted by atomic mass is 31.2. The Morgan fingerprint density at radius 1 is 1.13 bits per heavy atom. The Bertz CT molecular complexity index is 1050. The summed E-state index contributed by atoms with van der Waals surface area (Å²) in [5, 5.41) is 33.4. The number of aromatic nitrogens is 2. The van der Waals surface area contributed by atoms with Crippen LogP contribution < -0.4 is 11.2 Å². The van der Waals surface area contributed by atoms with E-state index in [0.717, 1.165) is 16.8 Å². The molecule has 0 bridgehead atoms. The standard InChI is InChI=1S/C20H32N3O14P/c1-19(2,3)16(27)31-10-32-38(30,37-36-34-17(28)20(4,5)6)35-22-12-7-8-23(18(29)21-12)15-14(26)13(25)11(9-24)33-15/h7-8,11,13-15,24-26H,9-10H2,1-6H3,(H,21,22,29)/t11-,13+,14?,15-,38?/m1/s1. The Labute approximate surface area is 216 Å². The molecule has 0 aromatic carbocycles. The van der Waals surface area contributed by atoms with Gasteiger partial charge in [-0.3, -0.25) is 14.2 Å². The van der Waals surface area contributed by atoms with Gasteiger partial charge in [-0.2, -0.15) is 9.61 Å². The molecule has 0 amide bonds. The molecule has 2 heterocycles. The van der Waals surface area contributed by atoms with Crippen LogP contribution in [-0.2, 0) is 47.4 Å². The lowest BCUT2D eigenvalue weighted by molar-refractivity contribution is -0.447. The van der Waals surface area contributed by atoms with E-state index in [4.69, 9.17) is 18.6 Å². The first-order chi connectivity index (χ1) is 17.5. The number of hydrogen-bond donors (Lipinski definition) is 4. The fraction of sp³-hybridized carbons (Fsp3) is 0.700. The number of ether oxygens (including phenoxy) is 2. The SMILES string of the molecule is CC(C)(C)C(=O)OCOP(=O)(ONc1ccn([C@@H]2O[C@H](CO)[C@H](O)C2O)c(=O)n1)OOOC(=O)C(C)(C)C. The van der Waals surface area contributed by atoms with Crippen LogP contribution in [0.15, 0.2) is 17.1 Å². The van der Waals surface area contributed by atoms with Crippen molar-refractivity contribution < 1.29 is 62.7 Å². The van der Waals surface area contributed by atoms with Gasteiger partial charge in [0.1, 0.15) is 18.3 Å². The normalized spacial score (nSPS) is 23.5. The molecule has 1 fully saturated rings. The zero-order valence-corrected chi connectivity index (χ0v) is 22.4. The van der Waals surface area contributed by atoms with E-state index in [9.17, 15) is 34.3 Å². The maximum atomic E-state index is 12.9. The number of nitrogens with one attached hydrogen (secondary N) is 1. The highest BCUT2D eigenvalue weighted by Gasteiger charge is 2.44. The summed E-state index contributed by atoms with van der Waals surface area (Å²) in [5.74, 6) is -1.96. The minimum Gasteiger partial charge on any atom is -0.437 e. The summed E-state index contributed by atoms with van der Waals surface area (Å²) in [6, 6.07) is 1.13. The highest BCUT2D eigenvalue weighted by Crippen LogP contribution is 2.49. The van der Waals surface area contributed by atoms with Crippen molar-refractivity contribution in [1.82, 2.24) is 9.55 Å². The van der Waals surface area contributed by atoms with Crippen molar-refractivity contribution in [2.24, 2.45) is 10.8 Å². The molecule has 4 N–H and O–H groups in total. The van der Waals surface area contributed by atoms with Crippen LogP contribution in [0, 0.1) is 10.8 Å². The predicted octanol–water partition coefficient (Wildman–Crippen LogP) is 0.322. The molecule has 2 rings (SSSR count). The lowest BCUT2D eigenvalue weighted by atomic mass is 9.98. The van der Waals surface area contributed by atoms with Crippen LogP contribution in [0.2, 0.25) is 0 Å². The van der Waals surface area contributed by atoms with E-state index in [1.165, 1.54) is 20.8 Å². The molecule has 1 aliphatic heterocycles. The fourth-order valence-electron chi connectivity index (χ4n) is 2.51. The first-order valence-electron chi connectivity index (χ1n) is 11.1. The minimum absolute atomic E-state index is 0.344. The highest BCUT2D eigenvalue weighted by molar-refractivity contribution is 7.48. The van der Waals surface area contributed by atoms with E-state index in [-0.39, 0.29) is 5.82 Å². The molecule has 18 heteroatoms. The van der Waals surface area contributed by atoms with Crippen molar-refractivity contribution in [1.29, 1.82) is 0 Å². The maximum Gasteiger partial charge on any atom is 0.529 e. The molecule has 0 spiro atoms. The first-order valence-corrected chi connectivity index (χ1v) is 12.6. The molecule has 216 valence electrons. The molecule has 17 nitrogen and oxygen atoms in total. The molecular formula is C20H32N3O14P. The number of carbonyl (C=O) groups excluding carboxylic acids is 2. The predicted molar refractivity (Wildman–Crippen MR) is 123 cm³/mol. The second-order valence-corrected chi connectivity index (χ2v) is 11.5. The van der Waals surface area contributed by atoms with Gasteiger partial charge in [-0.05, 0) is 52.6 Å². The number of aliphatic hydroxyl groups is 3. The van der Waals surface area contributed by atoms with Crippen molar-refractivity contribution in [3.05, 3.63) is 22.7 Å². The molecule has 2 unspecified atom stereocenters.